The number of benzene rings is 2. The summed E-state index contributed by atoms with van der Waals surface area (Å²) in [5.74, 6) is 0. The van der Waals surface area contributed by atoms with Crippen LogP contribution in [0.4, 0.5) is 5.69 Å². The van der Waals surface area contributed by atoms with Gasteiger partial charge in [0.05, 0.1) is 13.2 Å². The second-order valence-corrected chi connectivity index (χ2v) is 6.65. The maximum absolute atomic E-state index is 5.28. The van der Waals surface area contributed by atoms with Crippen LogP contribution >= 0.6 is 0 Å². The third-order valence-corrected chi connectivity index (χ3v) is 4.65. The minimum absolute atomic E-state index is 0.669. The minimum Gasteiger partial charge on any atom is -0.378 e. The second-order valence-electron chi connectivity index (χ2n) is 6.65. The Bertz CT molecular complexity index is 565. The standard InChI is InChI=1S/C12H19N.C10H13NO/c1-4-12(13(2)3)10-11-8-6-5-7-9-11;1-2-4-10(5-3-1)11-6-8-12-9-7-11/h5-9,12H,4,10H2,1-3H3;1-5H,6-9H2. The van der Waals surface area contributed by atoms with Gasteiger partial charge in [-0.15, -0.1) is 0 Å². The molecule has 0 aliphatic carbocycles. The third kappa shape index (κ3) is 6.89. The number of rotatable bonds is 5. The van der Waals surface area contributed by atoms with Gasteiger partial charge >= 0.3 is 0 Å². The van der Waals surface area contributed by atoms with Crippen molar-refractivity contribution in [2.24, 2.45) is 0 Å². The lowest BCUT2D eigenvalue weighted by atomic mass is 10.0. The molecule has 1 fully saturated rings. The Labute approximate surface area is 153 Å². The van der Waals surface area contributed by atoms with Gasteiger partial charge in [0.25, 0.3) is 0 Å². The molecule has 1 unspecified atom stereocenters. The van der Waals surface area contributed by atoms with E-state index in [0.717, 1.165) is 32.7 Å². The van der Waals surface area contributed by atoms with Crippen molar-refractivity contribution in [1.29, 1.82) is 0 Å². The van der Waals surface area contributed by atoms with Crippen molar-refractivity contribution in [2.75, 3.05) is 45.3 Å². The molecule has 2 aromatic carbocycles. The number of likely N-dealkylation sites (N-methyl/N-ethyl adjacent to an activating group) is 1. The molecule has 0 saturated carbocycles. The van der Waals surface area contributed by atoms with Gasteiger partial charge in [-0.25, -0.2) is 0 Å². The van der Waals surface area contributed by atoms with Crippen LogP contribution in [0.25, 0.3) is 0 Å². The first-order chi connectivity index (χ1) is 12.2. The number of ether oxygens (including phenoxy) is 1. The van der Waals surface area contributed by atoms with Gasteiger partial charge < -0.3 is 14.5 Å². The second kappa shape index (κ2) is 10.9. The zero-order valence-electron chi connectivity index (χ0n) is 15.9. The van der Waals surface area contributed by atoms with Crippen molar-refractivity contribution in [3.8, 4) is 0 Å². The zero-order chi connectivity index (χ0) is 17.9. The molecule has 1 heterocycles. The molecular weight excluding hydrogens is 308 g/mol. The van der Waals surface area contributed by atoms with Crippen LogP contribution in [0.2, 0.25) is 0 Å². The Morgan fingerprint density at radius 2 is 1.48 bits per heavy atom. The first-order valence-corrected chi connectivity index (χ1v) is 9.28. The molecule has 0 bridgehead atoms. The molecule has 2 aromatic rings. The summed E-state index contributed by atoms with van der Waals surface area (Å²) >= 11 is 0. The Hall–Kier alpha value is -1.84. The molecule has 3 rings (SSSR count). The Morgan fingerprint density at radius 3 is 2.00 bits per heavy atom. The van der Waals surface area contributed by atoms with Crippen molar-refractivity contribution < 1.29 is 4.74 Å². The molecule has 0 amide bonds. The van der Waals surface area contributed by atoms with E-state index in [0.29, 0.717) is 6.04 Å². The van der Waals surface area contributed by atoms with Crippen molar-refractivity contribution in [3.05, 3.63) is 66.2 Å². The Balaban J connectivity index is 0.000000181. The van der Waals surface area contributed by atoms with Crippen LogP contribution < -0.4 is 4.90 Å². The molecule has 0 aromatic heterocycles. The number of anilines is 1. The molecule has 1 saturated heterocycles. The third-order valence-electron chi connectivity index (χ3n) is 4.65. The molecule has 3 heteroatoms. The van der Waals surface area contributed by atoms with Gasteiger partial charge in [-0.3, -0.25) is 0 Å². The predicted octanol–water partition coefficient (Wildman–Crippen LogP) is 4.09. The van der Waals surface area contributed by atoms with Gasteiger partial charge in [0.15, 0.2) is 0 Å². The van der Waals surface area contributed by atoms with Crippen molar-refractivity contribution >= 4 is 5.69 Å². The van der Waals surface area contributed by atoms with Gasteiger partial charge in [-0.2, -0.15) is 0 Å². The van der Waals surface area contributed by atoms with Crippen LogP contribution in [0.3, 0.4) is 0 Å². The summed E-state index contributed by atoms with van der Waals surface area (Å²) in [6, 6.07) is 21.8. The van der Waals surface area contributed by atoms with Crippen molar-refractivity contribution in [2.45, 2.75) is 25.8 Å². The van der Waals surface area contributed by atoms with Gasteiger partial charge in [-0.05, 0) is 44.6 Å². The van der Waals surface area contributed by atoms with Crippen molar-refractivity contribution in [3.63, 3.8) is 0 Å². The van der Waals surface area contributed by atoms with Crippen LogP contribution in [0.1, 0.15) is 18.9 Å². The number of hydrogen-bond donors (Lipinski definition) is 0. The average Bonchev–Trinajstić information content (AvgIpc) is 2.68. The van der Waals surface area contributed by atoms with Crippen molar-refractivity contribution in [1.82, 2.24) is 4.90 Å². The predicted molar refractivity (Wildman–Crippen MR) is 107 cm³/mol. The Morgan fingerprint density at radius 1 is 0.920 bits per heavy atom. The lowest BCUT2D eigenvalue weighted by Gasteiger charge is -2.28. The highest BCUT2D eigenvalue weighted by Crippen LogP contribution is 2.14. The summed E-state index contributed by atoms with van der Waals surface area (Å²) in [5, 5.41) is 0. The molecule has 1 aliphatic rings. The molecule has 136 valence electrons. The zero-order valence-corrected chi connectivity index (χ0v) is 15.9. The van der Waals surface area contributed by atoms with Gasteiger partial charge in [-0.1, -0.05) is 55.5 Å². The van der Waals surface area contributed by atoms with E-state index in [4.69, 9.17) is 4.74 Å². The fourth-order valence-electron chi connectivity index (χ4n) is 3.04. The lowest BCUT2D eigenvalue weighted by molar-refractivity contribution is 0.122. The molecular formula is C22H32N2O. The number of nitrogens with zero attached hydrogens (tertiary/aromatic N) is 2. The van der Waals surface area contributed by atoms with E-state index in [9.17, 15) is 0 Å². The van der Waals surface area contributed by atoms with Crippen LogP contribution in [0.15, 0.2) is 60.7 Å². The summed E-state index contributed by atoms with van der Waals surface area (Å²) in [6.45, 7) is 5.99. The average molecular weight is 341 g/mol. The first-order valence-electron chi connectivity index (χ1n) is 9.28. The molecule has 25 heavy (non-hydrogen) atoms. The Kier molecular flexibility index (Phi) is 8.50. The molecule has 3 nitrogen and oxygen atoms in total. The summed E-state index contributed by atoms with van der Waals surface area (Å²) < 4.78 is 5.28. The smallest absolute Gasteiger partial charge is 0.0642 e. The SMILES string of the molecule is CCC(Cc1ccccc1)N(C)C.c1ccc(N2CCOCC2)cc1. The molecule has 0 spiro atoms. The monoisotopic (exact) mass is 340 g/mol. The van der Waals surface area contributed by atoms with Crippen LogP contribution in [-0.4, -0.2) is 51.3 Å². The minimum atomic E-state index is 0.669. The quantitative estimate of drug-likeness (QED) is 0.815. The van der Waals surface area contributed by atoms with E-state index in [2.05, 4.69) is 85.4 Å². The number of morpholine rings is 1. The van der Waals surface area contributed by atoms with E-state index >= 15 is 0 Å². The summed E-state index contributed by atoms with van der Waals surface area (Å²) in [4.78, 5) is 4.65. The van der Waals surface area contributed by atoms with E-state index in [1.807, 2.05) is 6.07 Å². The highest BCUT2D eigenvalue weighted by atomic mass is 16.5. The first kappa shape index (κ1) is 19.5. The van der Waals surface area contributed by atoms with E-state index in [1.54, 1.807) is 0 Å². The largest absolute Gasteiger partial charge is 0.378 e. The number of para-hydroxylation sites is 1. The van der Waals surface area contributed by atoms with E-state index < -0.39 is 0 Å². The van der Waals surface area contributed by atoms with Gasteiger partial charge in [0.2, 0.25) is 0 Å². The topological polar surface area (TPSA) is 15.7 Å². The molecule has 1 atom stereocenters. The maximum atomic E-state index is 5.28. The van der Waals surface area contributed by atoms with Crippen LogP contribution in [0.5, 0.6) is 0 Å². The fourth-order valence-corrected chi connectivity index (χ4v) is 3.04. The molecule has 0 radical (unpaired) electrons. The lowest BCUT2D eigenvalue weighted by Crippen LogP contribution is -2.36. The maximum Gasteiger partial charge on any atom is 0.0642 e. The summed E-state index contributed by atoms with van der Waals surface area (Å²) in [7, 11) is 4.30. The van der Waals surface area contributed by atoms with E-state index in [1.165, 1.54) is 17.7 Å². The fraction of sp³-hybridized carbons (Fsp3) is 0.455. The highest BCUT2D eigenvalue weighted by Gasteiger charge is 2.09. The normalized spacial score (nSPS) is 15.4. The van der Waals surface area contributed by atoms with E-state index in [-0.39, 0.29) is 0 Å². The van der Waals surface area contributed by atoms with Gasteiger partial charge in [0.1, 0.15) is 0 Å². The number of hydrogen-bond acceptors (Lipinski definition) is 3. The highest BCUT2D eigenvalue weighted by molar-refractivity contribution is 5.46. The molecule has 1 aliphatic heterocycles. The summed E-state index contributed by atoms with van der Waals surface area (Å²) in [6.07, 6.45) is 2.37. The summed E-state index contributed by atoms with van der Waals surface area (Å²) in [5.41, 5.74) is 2.74. The van der Waals surface area contributed by atoms with Gasteiger partial charge in [0, 0.05) is 24.8 Å². The van der Waals surface area contributed by atoms with Crippen LogP contribution in [0, 0.1) is 0 Å². The van der Waals surface area contributed by atoms with Crippen LogP contribution in [-0.2, 0) is 11.2 Å². The molecule has 0 N–H and O–H groups in total.